The summed E-state index contributed by atoms with van der Waals surface area (Å²) in [5.74, 6) is 1.70. The van der Waals surface area contributed by atoms with E-state index in [1.165, 1.54) is 65.2 Å². The maximum Gasteiger partial charge on any atom is 0.164 e. The van der Waals surface area contributed by atoms with Crippen molar-refractivity contribution in [2.75, 3.05) is 0 Å². The molecule has 0 spiro atoms. The Hall–Kier alpha value is -14.3. The molecule has 0 saturated heterocycles. The molecule has 16 aromatic carbocycles. The minimum Gasteiger partial charge on any atom is -0.309 e. The van der Waals surface area contributed by atoms with Gasteiger partial charge in [0.05, 0.1) is 44.1 Å². The van der Waals surface area contributed by atoms with Crippen molar-refractivity contribution in [3.05, 3.63) is 382 Å². The third kappa shape index (κ3) is 10.2. The van der Waals surface area contributed by atoms with E-state index >= 15 is 0 Å². The maximum absolute atomic E-state index is 5.53. The molecule has 0 saturated carbocycles. The van der Waals surface area contributed by atoms with E-state index in [9.17, 15) is 0 Å². The van der Waals surface area contributed by atoms with E-state index in [0.29, 0.717) is 17.5 Å². The molecule has 0 unspecified atom stereocenters. The van der Waals surface area contributed by atoms with E-state index in [2.05, 4.69) is 400 Å². The zero-order valence-electron chi connectivity index (χ0n) is 57.5. The van der Waals surface area contributed by atoms with Crippen molar-refractivity contribution in [3.8, 4) is 113 Å². The van der Waals surface area contributed by atoms with Crippen LogP contribution in [0.15, 0.2) is 382 Å². The van der Waals surface area contributed by atoms with Crippen LogP contribution in [0.5, 0.6) is 0 Å². The molecule has 0 aliphatic rings. The van der Waals surface area contributed by atoms with Gasteiger partial charge in [-0.15, -0.1) is 0 Å². The van der Waals surface area contributed by atoms with Crippen molar-refractivity contribution in [1.29, 1.82) is 0 Å². The normalized spacial score (nSPS) is 11.8. The first-order chi connectivity index (χ1) is 52.5. The molecule has 0 fully saturated rings. The fraction of sp³-hybridized carbons (Fsp3) is 0. The van der Waals surface area contributed by atoms with E-state index in [0.717, 1.165) is 117 Å². The lowest BCUT2D eigenvalue weighted by molar-refractivity contribution is 1.07. The van der Waals surface area contributed by atoms with Gasteiger partial charge in [0.1, 0.15) is 0 Å². The Labute approximate surface area is 611 Å². The lowest BCUT2D eigenvalue weighted by Gasteiger charge is -2.14. The minimum atomic E-state index is 0.564. The van der Waals surface area contributed by atoms with Gasteiger partial charge in [-0.25, -0.2) is 15.0 Å². The predicted molar refractivity (Wildman–Crippen MR) is 441 cm³/mol. The van der Waals surface area contributed by atoms with E-state index in [4.69, 9.17) is 15.0 Å². The first-order valence-corrected chi connectivity index (χ1v) is 36.1. The molecule has 0 radical (unpaired) electrons. The van der Waals surface area contributed by atoms with Crippen LogP contribution >= 0.6 is 0 Å². The van der Waals surface area contributed by atoms with Crippen LogP contribution in [0.3, 0.4) is 0 Å². The molecule has 494 valence electrons. The Morgan fingerprint density at radius 1 is 0.132 bits per heavy atom. The van der Waals surface area contributed by atoms with Crippen LogP contribution in [0.25, 0.3) is 200 Å². The molecule has 0 bridgehead atoms. The second kappa shape index (κ2) is 24.8. The van der Waals surface area contributed by atoms with Crippen LogP contribution in [0.1, 0.15) is 0 Å². The van der Waals surface area contributed by atoms with Crippen LogP contribution in [-0.4, -0.2) is 33.2 Å². The molecule has 0 aliphatic heterocycles. The molecule has 21 aromatic rings. The fourth-order valence-corrected chi connectivity index (χ4v) is 16.4. The van der Waals surface area contributed by atoms with Gasteiger partial charge in [-0.05, 0) is 201 Å². The summed E-state index contributed by atoms with van der Waals surface area (Å²) >= 11 is 0. The van der Waals surface area contributed by atoms with Crippen molar-refractivity contribution in [1.82, 2.24) is 33.2 Å². The van der Waals surface area contributed by atoms with Gasteiger partial charge in [0.2, 0.25) is 0 Å². The van der Waals surface area contributed by atoms with Crippen LogP contribution in [0.2, 0.25) is 0 Å². The Bertz CT molecular complexity index is 6670. The molecule has 21 rings (SSSR count). The van der Waals surface area contributed by atoms with Gasteiger partial charge in [0.25, 0.3) is 0 Å². The number of benzene rings is 16. The van der Waals surface area contributed by atoms with Crippen molar-refractivity contribution >= 4 is 87.2 Å². The highest BCUT2D eigenvalue weighted by Gasteiger charge is 2.22. The van der Waals surface area contributed by atoms with E-state index in [-0.39, 0.29) is 0 Å². The molecule has 7 nitrogen and oxygen atoms in total. The zero-order chi connectivity index (χ0) is 69.8. The van der Waals surface area contributed by atoms with Gasteiger partial charge in [-0.3, -0.25) is 0 Å². The Morgan fingerprint density at radius 2 is 0.358 bits per heavy atom. The molecule has 5 heterocycles. The van der Waals surface area contributed by atoms with Gasteiger partial charge >= 0.3 is 0 Å². The number of aromatic nitrogens is 7. The first-order valence-electron chi connectivity index (χ1n) is 36.1. The predicted octanol–water partition coefficient (Wildman–Crippen LogP) is 25.6. The van der Waals surface area contributed by atoms with Crippen LogP contribution in [0.4, 0.5) is 0 Å². The van der Waals surface area contributed by atoms with Crippen molar-refractivity contribution in [2.24, 2.45) is 0 Å². The molecule has 0 amide bonds. The Balaban J connectivity index is 0.696. The molecular formula is C99H63N7. The number of rotatable bonds is 12. The minimum absolute atomic E-state index is 0.564. The first kappa shape index (κ1) is 60.5. The number of nitrogens with zero attached hydrogens (tertiary/aromatic N) is 7. The molecule has 7 heteroatoms. The summed E-state index contributed by atoms with van der Waals surface area (Å²) in [6.07, 6.45) is 0. The summed E-state index contributed by atoms with van der Waals surface area (Å²) in [5, 5.41) is 9.59. The lowest BCUT2D eigenvalue weighted by Crippen LogP contribution is -2.02. The molecule has 106 heavy (non-hydrogen) atoms. The summed E-state index contributed by atoms with van der Waals surface area (Å²) < 4.78 is 9.52. The summed E-state index contributed by atoms with van der Waals surface area (Å²) in [6.45, 7) is 0. The second-order valence-corrected chi connectivity index (χ2v) is 27.5. The van der Waals surface area contributed by atoms with Crippen LogP contribution < -0.4 is 0 Å². The van der Waals surface area contributed by atoms with Crippen LogP contribution in [-0.2, 0) is 0 Å². The highest BCUT2D eigenvalue weighted by molar-refractivity contribution is 6.15. The van der Waals surface area contributed by atoms with Crippen molar-refractivity contribution in [2.45, 2.75) is 0 Å². The van der Waals surface area contributed by atoms with Gasteiger partial charge in [-0.2, -0.15) is 0 Å². The van der Waals surface area contributed by atoms with Crippen molar-refractivity contribution in [3.63, 3.8) is 0 Å². The molecule has 0 N–H and O–H groups in total. The van der Waals surface area contributed by atoms with Gasteiger partial charge in [0.15, 0.2) is 17.5 Å². The number of hydrogen-bond donors (Lipinski definition) is 0. The smallest absolute Gasteiger partial charge is 0.164 e. The Morgan fingerprint density at radius 3 is 0.708 bits per heavy atom. The van der Waals surface area contributed by atoms with Crippen LogP contribution in [0, 0.1) is 0 Å². The number of hydrogen-bond acceptors (Lipinski definition) is 3. The largest absolute Gasteiger partial charge is 0.309 e. The van der Waals surface area contributed by atoms with E-state index in [1.54, 1.807) is 0 Å². The van der Waals surface area contributed by atoms with Gasteiger partial charge < -0.3 is 18.3 Å². The fourth-order valence-electron chi connectivity index (χ4n) is 16.4. The Kier molecular flexibility index (Phi) is 14.1. The maximum atomic E-state index is 5.53. The second-order valence-electron chi connectivity index (χ2n) is 27.5. The third-order valence-corrected chi connectivity index (χ3v) is 21.3. The number of para-hydroxylation sites is 6. The molecular weight excluding hydrogens is 1290 g/mol. The SMILES string of the molecule is c1ccc(-c2cc(-c3ccccc3)cc(-c3cccc(-c4nc(-c5cccc(-n6c7ccccc7c7cc(-c8ccc9c(c8)c8ccccc8n9-c8ccccc8)ccc76)c5)nc(-c5cccc(-n6c7ccccc7c7cc(-c8ccc9c(c8)c8ccccc8n9-c8ccccc8)ccc76)c5)n4)c3)c2)cc1. The average molecular weight is 1350 g/mol. The number of fused-ring (bicyclic) bond motifs is 12. The standard InChI is InChI=1S/C99H63N7/c1-5-24-64(25-6-1)74-55-75(65-26-7-2-8-27-65)57-76(56-74)66-28-21-29-71(54-66)97-100-98(72-30-22-36-79(58-72)105-91-44-19-15-40-83(91)87-62-69(48-52-95(87)105)67-46-50-93-85(60-67)81-38-13-17-42-89(81)103(93)77-32-9-3-10-33-77)102-99(101-97)73-31-23-37-80(59-73)106-92-45-20-16-41-84(92)88-63-70(49-53-96(88)106)68-47-51-94-86(61-68)82-39-14-18-43-90(82)104(94)78-34-11-4-12-35-78/h1-63H. The summed E-state index contributed by atoms with van der Waals surface area (Å²) in [7, 11) is 0. The highest BCUT2D eigenvalue weighted by atomic mass is 15.0. The summed E-state index contributed by atoms with van der Waals surface area (Å²) in [5.41, 5.74) is 27.4. The quantitative estimate of drug-likeness (QED) is 0.122. The summed E-state index contributed by atoms with van der Waals surface area (Å²) in [4.78, 5) is 16.6. The van der Waals surface area contributed by atoms with Gasteiger partial charge in [-0.1, -0.05) is 237 Å². The lowest BCUT2D eigenvalue weighted by atomic mass is 9.93. The monoisotopic (exact) mass is 1350 g/mol. The summed E-state index contributed by atoms with van der Waals surface area (Å²) in [6, 6.07) is 138. The van der Waals surface area contributed by atoms with Gasteiger partial charge in [0, 0.05) is 82.5 Å². The molecule has 0 atom stereocenters. The topological polar surface area (TPSA) is 58.4 Å². The van der Waals surface area contributed by atoms with Crippen molar-refractivity contribution < 1.29 is 0 Å². The average Bonchev–Trinajstić information content (AvgIpc) is 1.60. The van der Waals surface area contributed by atoms with E-state index < -0.39 is 0 Å². The molecule has 5 aromatic heterocycles. The zero-order valence-corrected chi connectivity index (χ0v) is 57.5. The highest BCUT2D eigenvalue weighted by Crippen LogP contribution is 2.43. The molecule has 0 aliphatic carbocycles. The van der Waals surface area contributed by atoms with E-state index in [1.807, 2.05) is 0 Å². The third-order valence-electron chi connectivity index (χ3n) is 21.3.